The summed E-state index contributed by atoms with van der Waals surface area (Å²) in [5.41, 5.74) is -0.921. The Labute approximate surface area is 107 Å². The zero-order chi connectivity index (χ0) is 13.5. The van der Waals surface area contributed by atoms with Gasteiger partial charge in [0, 0.05) is 7.05 Å². The van der Waals surface area contributed by atoms with Gasteiger partial charge in [-0.2, -0.15) is 5.10 Å². The predicted molar refractivity (Wildman–Crippen MR) is 63.3 cm³/mol. The van der Waals surface area contributed by atoms with E-state index in [1.165, 1.54) is 10.9 Å². The van der Waals surface area contributed by atoms with Crippen LogP contribution in [0.15, 0.2) is 12.5 Å². The van der Waals surface area contributed by atoms with Crippen LogP contribution in [0.3, 0.4) is 0 Å². The minimum Gasteiger partial charge on any atom is -0.319 e. The Morgan fingerprint density at radius 2 is 2.17 bits per heavy atom. The summed E-state index contributed by atoms with van der Waals surface area (Å²) >= 11 is 5.73. The topological polar surface area (TPSA) is 91.7 Å². The lowest BCUT2D eigenvalue weighted by molar-refractivity contribution is -0.384. The summed E-state index contributed by atoms with van der Waals surface area (Å²) in [5.74, 6) is 0.622. The molecule has 0 aliphatic heterocycles. The molecule has 0 saturated carbocycles. The van der Waals surface area contributed by atoms with E-state index in [2.05, 4.69) is 15.3 Å². The zero-order valence-electron chi connectivity index (χ0n) is 10.0. The highest BCUT2D eigenvalue weighted by Gasteiger charge is 2.32. The summed E-state index contributed by atoms with van der Waals surface area (Å²) in [6, 6.07) is 0. The van der Waals surface area contributed by atoms with Crippen molar-refractivity contribution >= 4 is 17.3 Å². The molecule has 0 fully saturated rings. The molecule has 2 rings (SSSR count). The lowest BCUT2D eigenvalue weighted by Gasteiger charge is -2.23. The molecule has 0 N–H and O–H groups in total. The SMILES string of the molecule is Cn1cnnc1C(C)(C)n1cc([N+](=O)[O-])c(Cl)n1. The van der Waals surface area contributed by atoms with Crippen LogP contribution in [-0.2, 0) is 12.6 Å². The molecule has 0 unspecified atom stereocenters. The molecule has 0 aromatic carbocycles. The first-order valence-electron chi connectivity index (χ1n) is 5.08. The Balaban J connectivity index is 2.51. The van der Waals surface area contributed by atoms with Gasteiger partial charge >= 0.3 is 5.69 Å². The van der Waals surface area contributed by atoms with Crippen molar-refractivity contribution in [1.82, 2.24) is 24.5 Å². The van der Waals surface area contributed by atoms with Crippen molar-refractivity contribution in [2.75, 3.05) is 0 Å². The second-order valence-corrected chi connectivity index (χ2v) is 4.69. The molecule has 2 aromatic rings. The van der Waals surface area contributed by atoms with Gasteiger partial charge in [0.1, 0.15) is 18.1 Å². The summed E-state index contributed by atoms with van der Waals surface area (Å²) in [4.78, 5) is 10.2. The van der Waals surface area contributed by atoms with Gasteiger partial charge in [-0.15, -0.1) is 10.2 Å². The molecule has 0 radical (unpaired) electrons. The predicted octanol–water partition coefficient (Wildman–Crippen LogP) is 1.36. The standard InChI is InChI=1S/C9H11ClN6O2/c1-9(2,8-12-11-5-14(8)3)15-4-6(16(17)18)7(10)13-15/h4-5H,1-3H3. The summed E-state index contributed by atoms with van der Waals surface area (Å²) in [6.07, 6.45) is 2.84. The molecule has 2 heterocycles. The highest BCUT2D eigenvalue weighted by molar-refractivity contribution is 6.31. The molecule has 8 nitrogen and oxygen atoms in total. The first-order valence-corrected chi connectivity index (χ1v) is 5.46. The summed E-state index contributed by atoms with van der Waals surface area (Å²) < 4.78 is 3.14. The number of hydrogen-bond donors (Lipinski definition) is 0. The smallest absolute Gasteiger partial charge is 0.319 e. The second-order valence-electron chi connectivity index (χ2n) is 4.33. The van der Waals surface area contributed by atoms with Gasteiger partial charge in [-0.1, -0.05) is 11.6 Å². The maximum Gasteiger partial charge on any atom is 0.325 e. The van der Waals surface area contributed by atoms with Crippen molar-refractivity contribution in [2.45, 2.75) is 19.4 Å². The third-order valence-electron chi connectivity index (χ3n) is 2.68. The average Bonchev–Trinajstić information content (AvgIpc) is 2.84. The lowest BCUT2D eigenvalue weighted by Crippen LogP contribution is -2.31. The van der Waals surface area contributed by atoms with Crippen molar-refractivity contribution in [3.8, 4) is 0 Å². The van der Waals surface area contributed by atoms with E-state index in [9.17, 15) is 10.1 Å². The van der Waals surface area contributed by atoms with Gasteiger partial charge in [-0.05, 0) is 13.8 Å². The molecule has 18 heavy (non-hydrogen) atoms. The lowest BCUT2D eigenvalue weighted by atomic mass is 10.1. The molecule has 0 spiro atoms. The number of aryl methyl sites for hydroxylation is 1. The van der Waals surface area contributed by atoms with Crippen molar-refractivity contribution in [3.63, 3.8) is 0 Å². The third-order valence-corrected chi connectivity index (χ3v) is 2.95. The van der Waals surface area contributed by atoms with Crippen LogP contribution in [0.4, 0.5) is 5.69 Å². The van der Waals surface area contributed by atoms with Crippen LogP contribution < -0.4 is 0 Å². The fourth-order valence-corrected chi connectivity index (χ4v) is 1.89. The van der Waals surface area contributed by atoms with Crippen LogP contribution in [0.2, 0.25) is 5.15 Å². The Bertz CT molecular complexity index is 602. The minimum absolute atomic E-state index is 0.143. The van der Waals surface area contributed by atoms with Gasteiger partial charge < -0.3 is 4.57 Å². The van der Waals surface area contributed by atoms with E-state index in [4.69, 9.17) is 11.6 Å². The fourth-order valence-electron chi connectivity index (χ4n) is 1.69. The van der Waals surface area contributed by atoms with Crippen LogP contribution >= 0.6 is 11.6 Å². The molecule has 2 aromatic heterocycles. The molecule has 0 aliphatic carbocycles. The summed E-state index contributed by atoms with van der Waals surface area (Å²) in [5, 5.41) is 22.3. The monoisotopic (exact) mass is 270 g/mol. The number of aromatic nitrogens is 5. The summed E-state index contributed by atoms with van der Waals surface area (Å²) in [6.45, 7) is 3.65. The molecule has 96 valence electrons. The highest BCUT2D eigenvalue weighted by Crippen LogP contribution is 2.28. The van der Waals surface area contributed by atoms with E-state index in [1.54, 1.807) is 17.9 Å². The second kappa shape index (κ2) is 4.05. The van der Waals surface area contributed by atoms with Gasteiger partial charge in [0.2, 0.25) is 5.15 Å². The maximum atomic E-state index is 10.8. The van der Waals surface area contributed by atoms with Crippen molar-refractivity contribution < 1.29 is 4.92 Å². The van der Waals surface area contributed by atoms with E-state index in [1.807, 2.05) is 13.8 Å². The first-order chi connectivity index (χ1) is 8.34. The minimum atomic E-state index is -0.691. The van der Waals surface area contributed by atoms with Crippen molar-refractivity contribution in [3.05, 3.63) is 33.6 Å². The number of rotatable bonds is 3. The van der Waals surface area contributed by atoms with Gasteiger partial charge in [0.25, 0.3) is 0 Å². The van der Waals surface area contributed by atoms with Crippen LogP contribution in [0.5, 0.6) is 0 Å². The molecule has 0 amide bonds. The number of nitrogens with zero attached hydrogens (tertiary/aromatic N) is 6. The molecule has 0 bridgehead atoms. The summed E-state index contributed by atoms with van der Waals surface area (Å²) in [7, 11) is 1.79. The largest absolute Gasteiger partial charge is 0.325 e. The Kier molecular flexibility index (Phi) is 2.81. The number of hydrogen-bond acceptors (Lipinski definition) is 5. The maximum absolute atomic E-state index is 10.8. The van der Waals surface area contributed by atoms with E-state index >= 15 is 0 Å². The van der Waals surface area contributed by atoms with Gasteiger partial charge in [0.15, 0.2) is 5.82 Å². The molecule has 0 atom stereocenters. The number of nitro groups is 1. The molecule has 9 heteroatoms. The van der Waals surface area contributed by atoms with E-state index in [0.717, 1.165) is 0 Å². The molecular formula is C9H11ClN6O2. The number of halogens is 1. The third kappa shape index (κ3) is 1.84. The Morgan fingerprint density at radius 3 is 2.61 bits per heavy atom. The van der Waals surface area contributed by atoms with Gasteiger partial charge in [0.05, 0.1) is 4.92 Å². The zero-order valence-corrected chi connectivity index (χ0v) is 10.8. The van der Waals surface area contributed by atoms with Crippen molar-refractivity contribution in [1.29, 1.82) is 0 Å². The molecule has 0 saturated heterocycles. The van der Waals surface area contributed by atoms with Gasteiger partial charge in [-0.25, -0.2) is 0 Å². The van der Waals surface area contributed by atoms with Gasteiger partial charge in [-0.3, -0.25) is 14.8 Å². The average molecular weight is 271 g/mol. The normalized spacial score (nSPS) is 11.8. The molecule has 0 aliphatic rings. The Hall–Kier alpha value is -1.96. The van der Waals surface area contributed by atoms with Crippen LogP contribution in [0.1, 0.15) is 19.7 Å². The van der Waals surface area contributed by atoms with E-state index in [-0.39, 0.29) is 10.8 Å². The van der Waals surface area contributed by atoms with Crippen LogP contribution in [-0.4, -0.2) is 29.5 Å². The first kappa shape index (κ1) is 12.5. The van der Waals surface area contributed by atoms with E-state index in [0.29, 0.717) is 5.82 Å². The van der Waals surface area contributed by atoms with E-state index < -0.39 is 10.5 Å². The highest BCUT2D eigenvalue weighted by atomic mass is 35.5. The quantitative estimate of drug-likeness (QED) is 0.620. The Morgan fingerprint density at radius 1 is 1.50 bits per heavy atom. The van der Waals surface area contributed by atoms with Crippen molar-refractivity contribution in [2.24, 2.45) is 7.05 Å². The molecular weight excluding hydrogens is 260 g/mol. The van der Waals surface area contributed by atoms with Crippen LogP contribution in [0, 0.1) is 10.1 Å². The van der Waals surface area contributed by atoms with Crippen LogP contribution in [0.25, 0.3) is 0 Å². The fraction of sp³-hybridized carbons (Fsp3) is 0.444.